The topological polar surface area (TPSA) is 46.3 Å². The summed E-state index contributed by atoms with van der Waals surface area (Å²) in [5, 5.41) is 0. The van der Waals surface area contributed by atoms with Gasteiger partial charge in [-0.15, -0.1) is 19.0 Å². The third-order valence-electron chi connectivity index (χ3n) is 3.25. The molecule has 1 fully saturated rings. The molecule has 0 saturated carbocycles. The van der Waals surface area contributed by atoms with Crippen LogP contribution in [0.5, 0.6) is 0 Å². The van der Waals surface area contributed by atoms with E-state index in [0.29, 0.717) is 12.5 Å². The highest BCUT2D eigenvalue weighted by Gasteiger charge is 2.32. The molecule has 0 atom stereocenters. The number of hydrogen-bond donors (Lipinski definition) is 1. The van der Waals surface area contributed by atoms with E-state index in [4.69, 9.17) is 5.73 Å². The summed E-state index contributed by atoms with van der Waals surface area (Å²) in [7, 11) is 0. The predicted molar refractivity (Wildman–Crippen MR) is 69.6 cm³/mol. The van der Waals surface area contributed by atoms with Gasteiger partial charge < -0.3 is 10.6 Å². The molecule has 0 unspecified atom stereocenters. The molecule has 0 radical (unpaired) electrons. The summed E-state index contributed by atoms with van der Waals surface area (Å²) in [6.07, 6.45) is 4.07. The number of nitrogens with zero attached hydrogens (tertiary/aromatic N) is 1. The highest BCUT2D eigenvalue weighted by atomic mass is 35.5. The Morgan fingerprint density at radius 2 is 2.00 bits per heavy atom. The summed E-state index contributed by atoms with van der Waals surface area (Å²) in [5.41, 5.74) is 5.19. The maximum atomic E-state index is 12.1. The van der Waals surface area contributed by atoms with Crippen molar-refractivity contribution >= 4 is 18.3 Å². The molecule has 0 aliphatic carbocycles. The lowest BCUT2D eigenvalue weighted by molar-refractivity contribution is -0.141. The molecule has 0 aromatic heterocycles. The van der Waals surface area contributed by atoms with Gasteiger partial charge in [0.2, 0.25) is 5.91 Å². The molecule has 1 rings (SSSR count). The number of piperidine rings is 1. The minimum atomic E-state index is -0.416. The molecule has 4 heteroatoms. The highest BCUT2D eigenvalue weighted by molar-refractivity contribution is 5.85. The van der Waals surface area contributed by atoms with E-state index in [9.17, 15) is 4.79 Å². The normalized spacial score (nSPS) is 17.8. The molecule has 0 aromatic carbocycles. The van der Waals surface area contributed by atoms with E-state index in [2.05, 4.69) is 6.58 Å². The van der Waals surface area contributed by atoms with Crippen LogP contribution in [0.3, 0.4) is 0 Å². The number of nitrogens with two attached hydrogens (primary N) is 1. The first-order chi connectivity index (χ1) is 7.01. The predicted octanol–water partition coefficient (Wildman–Crippen LogP) is 1.82. The molecular formula is C12H23ClN2O. The van der Waals surface area contributed by atoms with Crippen LogP contribution < -0.4 is 5.73 Å². The first-order valence-electron chi connectivity index (χ1n) is 5.63. The molecule has 1 heterocycles. The van der Waals surface area contributed by atoms with Crippen LogP contribution in [-0.4, -0.2) is 30.4 Å². The van der Waals surface area contributed by atoms with E-state index in [1.807, 2.05) is 24.8 Å². The zero-order chi connectivity index (χ0) is 11.5. The van der Waals surface area contributed by atoms with Crippen molar-refractivity contribution < 1.29 is 4.79 Å². The SMILES string of the molecule is C=CC1CCN(C(=O)C(C)(C)CN)CC1.Cl. The van der Waals surface area contributed by atoms with Crippen molar-refractivity contribution in [2.45, 2.75) is 26.7 Å². The van der Waals surface area contributed by atoms with Gasteiger partial charge in [-0.25, -0.2) is 0 Å². The van der Waals surface area contributed by atoms with Gasteiger partial charge in [-0.2, -0.15) is 0 Å². The average Bonchev–Trinajstić information content (AvgIpc) is 2.28. The number of halogens is 1. The Kier molecular flexibility index (Phi) is 6.05. The van der Waals surface area contributed by atoms with E-state index in [1.54, 1.807) is 0 Å². The van der Waals surface area contributed by atoms with Crippen LogP contribution in [0.2, 0.25) is 0 Å². The largest absolute Gasteiger partial charge is 0.342 e. The third-order valence-corrected chi connectivity index (χ3v) is 3.25. The van der Waals surface area contributed by atoms with Crippen LogP contribution in [0, 0.1) is 11.3 Å². The molecule has 16 heavy (non-hydrogen) atoms. The van der Waals surface area contributed by atoms with E-state index in [0.717, 1.165) is 25.9 Å². The number of rotatable bonds is 3. The lowest BCUT2D eigenvalue weighted by Crippen LogP contribution is -2.47. The molecule has 3 nitrogen and oxygen atoms in total. The van der Waals surface area contributed by atoms with Crippen molar-refractivity contribution in [2.24, 2.45) is 17.1 Å². The maximum absolute atomic E-state index is 12.1. The number of allylic oxidation sites excluding steroid dienone is 1. The van der Waals surface area contributed by atoms with E-state index in [1.165, 1.54) is 0 Å². The number of likely N-dealkylation sites (tertiary alicyclic amines) is 1. The van der Waals surface area contributed by atoms with Gasteiger partial charge in [-0.05, 0) is 32.6 Å². The molecule has 2 N–H and O–H groups in total. The molecule has 1 amide bonds. The fraction of sp³-hybridized carbons (Fsp3) is 0.750. The maximum Gasteiger partial charge on any atom is 0.229 e. The summed E-state index contributed by atoms with van der Waals surface area (Å²) in [5.74, 6) is 0.766. The fourth-order valence-electron chi connectivity index (χ4n) is 1.85. The quantitative estimate of drug-likeness (QED) is 0.773. The Morgan fingerprint density at radius 3 is 2.38 bits per heavy atom. The van der Waals surface area contributed by atoms with Crippen LogP contribution in [0.15, 0.2) is 12.7 Å². The van der Waals surface area contributed by atoms with Crippen LogP contribution in [0.4, 0.5) is 0 Å². The Hall–Kier alpha value is -0.540. The summed E-state index contributed by atoms with van der Waals surface area (Å²) in [6, 6.07) is 0. The monoisotopic (exact) mass is 246 g/mol. The third kappa shape index (κ3) is 3.49. The second-order valence-corrected chi connectivity index (χ2v) is 4.95. The molecule has 1 saturated heterocycles. The second kappa shape index (κ2) is 6.26. The average molecular weight is 247 g/mol. The smallest absolute Gasteiger partial charge is 0.229 e. The zero-order valence-electron chi connectivity index (χ0n) is 10.2. The number of carbonyl (C=O) groups excluding carboxylic acids is 1. The molecular weight excluding hydrogens is 224 g/mol. The minimum absolute atomic E-state index is 0. The summed E-state index contributed by atoms with van der Waals surface area (Å²) in [4.78, 5) is 14.0. The van der Waals surface area contributed by atoms with Crippen molar-refractivity contribution in [2.75, 3.05) is 19.6 Å². The lowest BCUT2D eigenvalue weighted by Gasteiger charge is -2.35. The number of hydrogen-bond acceptors (Lipinski definition) is 2. The van der Waals surface area contributed by atoms with Crippen molar-refractivity contribution in [1.82, 2.24) is 4.90 Å². The lowest BCUT2D eigenvalue weighted by atomic mass is 9.89. The van der Waals surface area contributed by atoms with Gasteiger partial charge in [0, 0.05) is 19.6 Å². The fourth-order valence-corrected chi connectivity index (χ4v) is 1.85. The van der Waals surface area contributed by atoms with Gasteiger partial charge in [0.25, 0.3) is 0 Å². The van der Waals surface area contributed by atoms with E-state index < -0.39 is 5.41 Å². The van der Waals surface area contributed by atoms with Crippen molar-refractivity contribution in [3.63, 3.8) is 0 Å². The van der Waals surface area contributed by atoms with E-state index >= 15 is 0 Å². The van der Waals surface area contributed by atoms with Crippen molar-refractivity contribution in [3.8, 4) is 0 Å². The van der Waals surface area contributed by atoms with E-state index in [-0.39, 0.29) is 18.3 Å². The van der Waals surface area contributed by atoms with Gasteiger partial charge in [0.05, 0.1) is 5.41 Å². The van der Waals surface area contributed by atoms with Gasteiger partial charge in [0.1, 0.15) is 0 Å². The minimum Gasteiger partial charge on any atom is -0.342 e. The van der Waals surface area contributed by atoms with Crippen LogP contribution in [0.25, 0.3) is 0 Å². The molecule has 0 spiro atoms. The summed E-state index contributed by atoms with van der Waals surface area (Å²) in [6.45, 7) is 9.72. The van der Waals surface area contributed by atoms with Gasteiger partial charge in [-0.1, -0.05) is 6.08 Å². The van der Waals surface area contributed by atoms with Crippen LogP contribution >= 0.6 is 12.4 Å². The molecule has 0 aromatic rings. The number of amides is 1. The first-order valence-corrected chi connectivity index (χ1v) is 5.63. The Morgan fingerprint density at radius 1 is 1.50 bits per heavy atom. The molecule has 1 aliphatic rings. The van der Waals surface area contributed by atoms with Gasteiger partial charge in [-0.3, -0.25) is 4.79 Å². The summed E-state index contributed by atoms with van der Waals surface area (Å²) >= 11 is 0. The molecule has 1 aliphatic heterocycles. The summed E-state index contributed by atoms with van der Waals surface area (Å²) < 4.78 is 0. The van der Waals surface area contributed by atoms with Crippen LogP contribution in [0.1, 0.15) is 26.7 Å². The number of carbonyl (C=O) groups is 1. The molecule has 94 valence electrons. The van der Waals surface area contributed by atoms with Crippen LogP contribution in [-0.2, 0) is 4.79 Å². The Bertz CT molecular complexity index is 245. The molecule has 0 bridgehead atoms. The first kappa shape index (κ1) is 15.5. The highest BCUT2D eigenvalue weighted by Crippen LogP contribution is 2.23. The van der Waals surface area contributed by atoms with Crippen molar-refractivity contribution in [1.29, 1.82) is 0 Å². The van der Waals surface area contributed by atoms with Gasteiger partial charge >= 0.3 is 0 Å². The zero-order valence-corrected chi connectivity index (χ0v) is 11.1. The second-order valence-electron chi connectivity index (χ2n) is 4.95. The Labute approximate surface area is 104 Å². The van der Waals surface area contributed by atoms with Gasteiger partial charge in [0.15, 0.2) is 0 Å². The standard InChI is InChI=1S/C12H22N2O.ClH/c1-4-10-5-7-14(8-6-10)11(15)12(2,3)9-13;/h4,10H,1,5-9,13H2,2-3H3;1H. The Balaban J connectivity index is 0.00000225. The van der Waals surface area contributed by atoms with Crippen molar-refractivity contribution in [3.05, 3.63) is 12.7 Å².